The van der Waals surface area contributed by atoms with E-state index in [2.05, 4.69) is 111 Å². The SMILES string of the molecule is Cc1ccc(C2(c3ccc(O)cc3)OC(=O)c3ccccc32)cc1.Cc1ccc(C2(c3ccc(O)cc3)c3ccccc3-c3ccccc32)cc1.Cc1ccc(C2(c3ccc(O)cc3)c3ccccc3C(=O)N2c2ccccc2)cc1. The smallest absolute Gasteiger partial charge is 0.340 e. The van der Waals surface area contributed by atoms with Crippen LogP contribution in [0.15, 0.2) is 273 Å². The fraction of sp³-hybridized carbons (Fsp3) is 0.0811. The van der Waals surface area contributed by atoms with Gasteiger partial charge in [-0.25, -0.2) is 4.79 Å². The van der Waals surface area contributed by atoms with Gasteiger partial charge >= 0.3 is 5.97 Å². The number of phenolic OH excluding ortho intramolecular Hbond substituents is 3. The zero-order valence-corrected chi connectivity index (χ0v) is 45.0. The summed E-state index contributed by atoms with van der Waals surface area (Å²) in [6.45, 7) is 6.19. The second kappa shape index (κ2) is 20.9. The lowest BCUT2D eigenvalue weighted by Crippen LogP contribution is -2.46. The van der Waals surface area contributed by atoms with Crippen LogP contribution in [0, 0.1) is 20.8 Å². The molecule has 81 heavy (non-hydrogen) atoms. The number of hydrogen-bond acceptors (Lipinski definition) is 6. The van der Waals surface area contributed by atoms with Gasteiger partial charge in [-0.2, -0.15) is 0 Å². The van der Waals surface area contributed by atoms with E-state index in [0.717, 1.165) is 50.2 Å². The number of amides is 1. The molecule has 2 unspecified atom stereocenters. The summed E-state index contributed by atoms with van der Waals surface area (Å²) in [7, 11) is 0. The molecule has 2 aliphatic heterocycles. The number of anilines is 1. The molecule has 1 amide bonds. The molecule has 7 nitrogen and oxygen atoms in total. The van der Waals surface area contributed by atoms with Gasteiger partial charge < -0.3 is 20.1 Å². The normalized spacial score (nSPS) is 16.8. The molecule has 0 aromatic heterocycles. The van der Waals surface area contributed by atoms with Gasteiger partial charge in [0, 0.05) is 27.9 Å². The van der Waals surface area contributed by atoms with Crippen molar-refractivity contribution in [2.24, 2.45) is 0 Å². The maximum absolute atomic E-state index is 13.8. The molecule has 0 saturated heterocycles. The van der Waals surface area contributed by atoms with Crippen molar-refractivity contribution in [2.75, 3.05) is 4.90 Å². The second-order valence-electron chi connectivity index (χ2n) is 20.9. The Morgan fingerprint density at radius 2 is 0.654 bits per heavy atom. The van der Waals surface area contributed by atoms with Crippen LogP contribution >= 0.6 is 0 Å². The molecule has 0 radical (unpaired) electrons. The zero-order chi connectivity index (χ0) is 55.9. The number of carbonyl (C=O) groups excluding carboxylic acids is 2. The van der Waals surface area contributed by atoms with Gasteiger partial charge in [0.1, 0.15) is 22.8 Å². The minimum atomic E-state index is -0.991. The van der Waals surface area contributed by atoms with E-state index in [4.69, 9.17) is 4.74 Å². The van der Waals surface area contributed by atoms with Gasteiger partial charge in [-0.15, -0.1) is 0 Å². The van der Waals surface area contributed by atoms with Gasteiger partial charge in [0.05, 0.1) is 11.0 Å². The fourth-order valence-corrected chi connectivity index (χ4v) is 12.3. The predicted molar refractivity (Wildman–Crippen MR) is 320 cm³/mol. The molecular weight excluding hydrogens is 999 g/mol. The fourth-order valence-electron chi connectivity index (χ4n) is 12.3. The number of fused-ring (bicyclic) bond motifs is 5. The molecule has 11 aromatic rings. The Labute approximate surface area is 471 Å². The second-order valence-corrected chi connectivity index (χ2v) is 20.9. The van der Waals surface area contributed by atoms with Gasteiger partial charge in [-0.05, 0) is 132 Å². The number of carbonyl (C=O) groups is 2. The molecule has 0 bridgehead atoms. The van der Waals surface area contributed by atoms with E-state index in [1.54, 1.807) is 54.6 Å². The van der Waals surface area contributed by atoms with Crippen molar-refractivity contribution < 1.29 is 29.6 Å². The number of aromatic hydroxyl groups is 3. The Kier molecular flexibility index (Phi) is 13.3. The van der Waals surface area contributed by atoms with Crippen LogP contribution in [0.3, 0.4) is 0 Å². The summed E-state index contributed by atoms with van der Waals surface area (Å²) in [6.07, 6.45) is 0. The summed E-state index contributed by atoms with van der Waals surface area (Å²) in [5, 5.41) is 29.5. The monoisotopic (exact) mass is 1060 g/mol. The number of nitrogens with zero attached hydrogens (tertiary/aromatic N) is 1. The van der Waals surface area contributed by atoms with E-state index in [9.17, 15) is 24.9 Å². The van der Waals surface area contributed by atoms with E-state index in [1.807, 2.05) is 133 Å². The van der Waals surface area contributed by atoms with Crippen LogP contribution in [0.2, 0.25) is 0 Å². The van der Waals surface area contributed by atoms with Crippen LogP contribution in [-0.2, 0) is 21.3 Å². The maximum atomic E-state index is 13.8. The Balaban J connectivity index is 0.000000121. The van der Waals surface area contributed by atoms with E-state index < -0.39 is 11.1 Å². The van der Waals surface area contributed by atoms with Crippen LogP contribution in [0.5, 0.6) is 17.2 Å². The van der Waals surface area contributed by atoms with Gasteiger partial charge in [0.25, 0.3) is 5.91 Å². The minimum Gasteiger partial charge on any atom is -0.508 e. The molecule has 3 aliphatic rings. The maximum Gasteiger partial charge on any atom is 0.340 e. The minimum absolute atomic E-state index is 0.0366. The Bertz CT molecular complexity index is 3910. The summed E-state index contributed by atoms with van der Waals surface area (Å²) in [4.78, 5) is 28.1. The van der Waals surface area contributed by atoms with Crippen molar-refractivity contribution in [3.05, 3.63) is 356 Å². The summed E-state index contributed by atoms with van der Waals surface area (Å²) < 4.78 is 5.95. The molecule has 0 fully saturated rings. The number of cyclic esters (lactones) is 1. The van der Waals surface area contributed by atoms with Crippen molar-refractivity contribution in [3.63, 3.8) is 0 Å². The summed E-state index contributed by atoms with van der Waals surface area (Å²) >= 11 is 0. The average Bonchev–Trinajstić information content (AvgIpc) is 2.84. The number of para-hydroxylation sites is 1. The molecule has 7 heteroatoms. The number of phenols is 3. The molecule has 0 spiro atoms. The average molecular weight is 1060 g/mol. The van der Waals surface area contributed by atoms with E-state index in [0.29, 0.717) is 11.1 Å². The van der Waals surface area contributed by atoms with Crippen molar-refractivity contribution in [3.8, 4) is 28.4 Å². The van der Waals surface area contributed by atoms with Crippen LogP contribution in [0.1, 0.15) is 93.0 Å². The van der Waals surface area contributed by atoms with E-state index in [-0.39, 0.29) is 34.5 Å². The Morgan fingerprint density at radius 1 is 0.321 bits per heavy atom. The van der Waals surface area contributed by atoms with Gasteiger partial charge in [-0.3, -0.25) is 9.69 Å². The molecular formula is C74H57NO6. The third-order valence-electron chi connectivity index (χ3n) is 16.1. The number of aryl methyl sites for hydroxylation is 3. The van der Waals surface area contributed by atoms with Crippen molar-refractivity contribution in [1.82, 2.24) is 0 Å². The standard InChI is InChI=1S/C27H21NO2.C26H20O.C21H16O3/c1-19-11-13-20(14-12-19)27(21-15-17-23(29)18-16-21)25-10-6-5-9-24(25)26(30)28(27)22-7-3-2-4-8-22;1-18-10-12-19(13-11-18)26(20-14-16-21(27)17-15-20)24-8-4-2-6-22(24)23-7-3-5-9-25(23)26;1-14-6-8-15(9-7-14)21(16-10-12-17(22)13-11-16)19-5-3-2-4-18(19)20(23)24-21/h2-18,29H,1H3;2-17,27H,1H3;2-13,22H,1H3. The first-order valence-electron chi connectivity index (χ1n) is 27.1. The first-order valence-corrected chi connectivity index (χ1v) is 27.1. The largest absolute Gasteiger partial charge is 0.508 e. The van der Waals surface area contributed by atoms with E-state index in [1.165, 1.54) is 38.9 Å². The lowest BCUT2D eigenvalue weighted by molar-refractivity contribution is 0.0251. The van der Waals surface area contributed by atoms with Crippen LogP contribution < -0.4 is 4.90 Å². The van der Waals surface area contributed by atoms with Crippen molar-refractivity contribution in [2.45, 2.75) is 37.3 Å². The third-order valence-corrected chi connectivity index (χ3v) is 16.1. The highest BCUT2D eigenvalue weighted by molar-refractivity contribution is 6.14. The molecule has 14 rings (SSSR count). The van der Waals surface area contributed by atoms with E-state index >= 15 is 0 Å². The number of esters is 1. The quantitative estimate of drug-likeness (QED) is 0.137. The predicted octanol–water partition coefficient (Wildman–Crippen LogP) is 15.9. The molecule has 11 aromatic carbocycles. The van der Waals surface area contributed by atoms with Crippen molar-refractivity contribution >= 4 is 17.6 Å². The van der Waals surface area contributed by atoms with Crippen molar-refractivity contribution in [1.29, 1.82) is 0 Å². The van der Waals surface area contributed by atoms with Gasteiger partial charge in [-0.1, -0.05) is 229 Å². The molecule has 2 heterocycles. The number of hydrogen-bond donors (Lipinski definition) is 3. The highest BCUT2D eigenvalue weighted by atomic mass is 16.6. The van der Waals surface area contributed by atoms with Crippen LogP contribution in [0.25, 0.3) is 11.1 Å². The summed E-state index contributed by atoms with van der Waals surface area (Å²) in [5.74, 6) is 0.291. The zero-order valence-electron chi connectivity index (χ0n) is 45.0. The van der Waals surface area contributed by atoms with Crippen LogP contribution in [0.4, 0.5) is 5.69 Å². The Hall–Kier alpha value is -10.2. The highest BCUT2D eigenvalue weighted by Gasteiger charge is 2.53. The molecule has 394 valence electrons. The summed E-state index contributed by atoms with van der Waals surface area (Å²) in [6, 6.07) is 89.2. The molecule has 2 atom stereocenters. The first-order chi connectivity index (χ1) is 39.4. The molecule has 1 aliphatic carbocycles. The van der Waals surface area contributed by atoms with Gasteiger partial charge in [0.15, 0.2) is 5.60 Å². The molecule has 3 N–H and O–H groups in total. The lowest BCUT2D eigenvalue weighted by atomic mass is 9.67. The number of benzene rings is 11. The van der Waals surface area contributed by atoms with Crippen LogP contribution in [-0.4, -0.2) is 27.2 Å². The lowest BCUT2D eigenvalue weighted by Gasteiger charge is -2.40. The third kappa shape index (κ3) is 8.62. The summed E-state index contributed by atoms with van der Waals surface area (Å²) in [5.41, 5.74) is 16.4. The van der Waals surface area contributed by atoms with Gasteiger partial charge in [0.2, 0.25) is 0 Å². The topological polar surface area (TPSA) is 107 Å². The highest BCUT2D eigenvalue weighted by Crippen LogP contribution is 2.57. The first kappa shape index (κ1) is 51.5. The molecule has 0 saturated carbocycles. The number of ether oxygens (including phenoxy) is 1. The Morgan fingerprint density at radius 3 is 1.12 bits per heavy atom. The number of rotatable bonds is 7.